The molecule has 0 atom stereocenters. The lowest BCUT2D eigenvalue weighted by Gasteiger charge is -2.06. The van der Waals surface area contributed by atoms with Crippen molar-refractivity contribution in [2.24, 2.45) is 5.73 Å². The first-order valence-electron chi connectivity index (χ1n) is 6.68. The lowest BCUT2D eigenvalue weighted by molar-refractivity contribution is 0.628. The van der Waals surface area contributed by atoms with Crippen LogP contribution in [0, 0.1) is 5.82 Å². The summed E-state index contributed by atoms with van der Waals surface area (Å²) >= 11 is 0. The van der Waals surface area contributed by atoms with Crippen LogP contribution in [-0.4, -0.2) is 9.55 Å². The van der Waals surface area contributed by atoms with Crippen LogP contribution in [0.2, 0.25) is 0 Å². The Hall–Kier alpha value is -2.20. The molecule has 102 valence electrons. The van der Waals surface area contributed by atoms with E-state index >= 15 is 0 Å². The number of hydrogen-bond donors (Lipinski definition) is 1. The number of fused-ring (bicyclic) bond motifs is 1. The van der Waals surface area contributed by atoms with Crippen molar-refractivity contribution >= 4 is 11.0 Å². The van der Waals surface area contributed by atoms with Gasteiger partial charge in [0, 0.05) is 18.7 Å². The van der Waals surface area contributed by atoms with Gasteiger partial charge in [-0.25, -0.2) is 9.37 Å². The molecular weight excluding hydrogens is 253 g/mol. The monoisotopic (exact) mass is 269 g/mol. The Bertz CT molecular complexity index is 744. The molecule has 2 aromatic carbocycles. The van der Waals surface area contributed by atoms with Crippen molar-refractivity contribution < 1.29 is 4.39 Å². The van der Waals surface area contributed by atoms with E-state index in [1.165, 1.54) is 12.1 Å². The van der Waals surface area contributed by atoms with Crippen LogP contribution < -0.4 is 5.73 Å². The zero-order chi connectivity index (χ0) is 14.1. The van der Waals surface area contributed by atoms with Crippen molar-refractivity contribution in [1.82, 2.24) is 9.55 Å². The van der Waals surface area contributed by atoms with E-state index in [-0.39, 0.29) is 5.82 Å². The molecule has 0 spiro atoms. The summed E-state index contributed by atoms with van der Waals surface area (Å²) in [5, 5.41) is 0. The standard InChI is InChI=1S/C16H16FN3/c1-2-20-15-9-13(17)7-8-14(15)19-16(20)12-5-3-11(10-18)4-6-12/h3-9H,2,10,18H2,1H3. The molecule has 20 heavy (non-hydrogen) atoms. The molecule has 0 radical (unpaired) electrons. The molecule has 0 aliphatic heterocycles. The SMILES string of the molecule is CCn1c(-c2ccc(CN)cc2)nc2ccc(F)cc21. The molecule has 0 fully saturated rings. The molecule has 0 saturated heterocycles. The molecule has 4 heteroatoms. The van der Waals surface area contributed by atoms with Gasteiger partial charge in [-0.2, -0.15) is 0 Å². The van der Waals surface area contributed by atoms with E-state index in [9.17, 15) is 4.39 Å². The molecule has 3 rings (SSSR count). The second-order valence-corrected chi connectivity index (χ2v) is 4.71. The predicted molar refractivity (Wildman–Crippen MR) is 78.7 cm³/mol. The molecule has 0 aliphatic rings. The highest BCUT2D eigenvalue weighted by Gasteiger charge is 2.11. The summed E-state index contributed by atoms with van der Waals surface area (Å²) < 4.78 is 15.4. The van der Waals surface area contributed by atoms with Gasteiger partial charge in [-0.05, 0) is 30.7 Å². The summed E-state index contributed by atoms with van der Waals surface area (Å²) in [5.74, 6) is 0.619. The highest BCUT2D eigenvalue weighted by atomic mass is 19.1. The second kappa shape index (κ2) is 5.06. The number of hydrogen-bond acceptors (Lipinski definition) is 2. The van der Waals surface area contributed by atoms with Crippen LogP contribution in [0.1, 0.15) is 12.5 Å². The molecule has 0 unspecified atom stereocenters. The molecule has 3 aromatic rings. The predicted octanol–water partition coefficient (Wildman–Crippen LogP) is 3.32. The Morgan fingerprint density at radius 1 is 1.15 bits per heavy atom. The Labute approximate surface area is 116 Å². The van der Waals surface area contributed by atoms with Crippen molar-refractivity contribution in [3.05, 3.63) is 53.8 Å². The van der Waals surface area contributed by atoms with Crippen molar-refractivity contribution in [3.63, 3.8) is 0 Å². The van der Waals surface area contributed by atoms with Crippen molar-refractivity contribution in [1.29, 1.82) is 0 Å². The van der Waals surface area contributed by atoms with Crippen LogP contribution in [0.5, 0.6) is 0 Å². The van der Waals surface area contributed by atoms with E-state index in [4.69, 9.17) is 5.73 Å². The lowest BCUT2D eigenvalue weighted by atomic mass is 10.1. The van der Waals surface area contributed by atoms with E-state index in [0.717, 1.165) is 34.5 Å². The fraction of sp³-hybridized carbons (Fsp3) is 0.188. The maximum atomic E-state index is 13.4. The van der Waals surface area contributed by atoms with Gasteiger partial charge in [0.1, 0.15) is 11.6 Å². The smallest absolute Gasteiger partial charge is 0.141 e. The first-order valence-corrected chi connectivity index (χ1v) is 6.68. The number of imidazole rings is 1. The third kappa shape index (κ3) is 2.08. The van der Waals surface area contributed by atoms with Crippen molar-refractivity contribution in [3.8, 4) is 11.4 Å². The number of nitrogens with zero attached hydrogens (tertiary/aromatic N) is 2. The normalized spacial score (nSPS) is 11.2. The van der Waals surface area contributed by atoms with Crippen LogP contribution in [0.4, 0.5) is 4.39 Å². The zero-order valence-electron chi connectivity index (χ0n) is 11.3. The van der Waals surface area contributed by atoms with Gasteiger partial charge >= 0.3 is 0 Å². The summed E-state index contributed by atoms with van der Waals surface area (Å²) in [6, 6.07) is 12.7. The van der Waals surface area contributed by atoms with Crippen LogP contribution in [-0.2, 0) is 13.1 Å². The van der Waals surface area contributed by atoms with E-state index in [1.54, 1.807) is 6.07 Å². The molecule has 3 nitrogen and oxygen atoms in total. The number of benzene rings is 2. The third-order valence-corrected chi connectivity index (χ3v) is 3.47. The Morgan fingerprint density at radius 2 is 1.90 bits per heavy atom. The van der Waals surface area contributed by atoms with Gasteiger partial charge in [0.2, 0.25) is 0 Å². The lowest BCUT2D eigenvalue weighted by Crippen LogP contribution is -1.99. The Kier molecular flexibility index (Phi) is 3.24. The average molecular weight is 269 g/mol. The van der Waals surface area contributed by atoms with Gasteiger partial charge in [0.05, 0.1) is 11.0 Å². The topological polar surface area (TPSA) is 43.8 Å². The molecule has 0 amide bonds. The number of aromatic nitrogens is 2. The summed E-state index contributed by atoms with van der Waals surface area (Å²) in [4.78, 5) is 4.62. The molecule has 0 saturated carbocycles. The molecule has 0 bridgehead atoms. The molecule has 1 aromatic heterocycles. The van der Waals surface area contributed by atoms with Gasteiger partial charge in [-0.3, -0.25) is 0 Å². The largest absolute Gasteiger partial charge is 0.326 e. The van der Waals surface area contributed by atoms with Crippen LogP contribution in [0.15, 0.2) is 42.5 Å². The highest BCUT2D eigenvalue weighted by Crippen LogP contribution is 2.25. The van der Waals surface area contributed by atoms with E-state index < -0.39 is 0 Å². The minimum Gasteiger partial charge on any atom is -0.326 e. The first-order chi connectivity index (χ1) is 9.72. The van der Waals surface area contributed by atoms with Gasteiger partial charge in [-0.1, -0.05) is 24.3 Å². The molecule has 0 aliphatic carbocycles. The van der Waals surface area contributed by atoms with Gasteiger partial charge in [0.15, 0.2) is 0 Å². The molecular formula is C16H16FN3. The third-order valence-electron chi connectivity index (χ3n) is 3.47. The quantitative estimate of drug-likeness (QED) is 0.792. The average Bonchev–Trinajstić information content (AvgIpc) is 2.85. The van der Waals surface area contributed by atoms with E-state index in [0.29, 0.717) is 6.54 Å². The maximum absolute atomic E-state index is 13.4. The fourth-order valence-corrected chi connectivity index (χ4v) is 2.43. The number of aryl methyl sites for hydroxylation is 1. The van der Waals surface area contributed by atoms with Crippen LogP contribution in [0.3, 0.4) is 0 Å². The molecule has 2 N–H and O–H groups in total. The maximum Gasteiger partial charge on any atom is 0.141 e. The van der Waals surface area contributed by atoms with Gasteiger partial charge < -0.3 is 10.3 Å². The zero-order valence-corrected chi connectivity index (χ0v) is 11.3. The summed E-state index contributed by atoms with van der Waals surface area (Å²) in [5.41, 5.74) is 9.34. The highest BCUT2D eigenvalue weighted by molar-refractivity contribution is 5.80. The Balaban J connectivity index is 2.19. The van der Waals surface area contributed by atoms with Gasteiger partial charge in [0.25, 0.3) is 0 Å². The van der Waals surface area contributed by atoms with Crippen LogP contribution >= 0.6 is 0 Å². The first kappa shape index (κ1) is 12.8. The number of rotatable bonds is 3. The molecule has 1 heterocycles. The Morgan fingerprint density at radius 3 is 2.55 bits per heavy atom. The van der Waals surface area contributed by atoms with Crippen molar-refractivity contribution in [2.75, 3.05) is 0 Å². The number of halogens is 1. The second-order valence-electron chi connectivity index (χ2n) is 4.71. The van der Waals surface area contributed by atoms with Crippen molar-refractivity contribution in [2.45, 2.75) is 20.0 Å². The summed E-state index contributed by atoms with van der Waals surface area (Å²) in [7, 11) is 0. The van der Waals surface area contributed by atoms with E-state index in [1.807, 2.05) is 35.8 Å². The minimum atomic E-state index is -0.239. The van der Waals surface area contributed by atoms with E-state index in [2.05, 4.69) is 4.98 Å². The fourth-order valence-electron chi connectivity index (χ4n) is 2.43. The van der Waals surface area contributed by atoms with Crippen LogP contribution in [0.25, 0.3) is 22.4 Å². The summed E-state index contributed by atoms with van der Waals surface area (Å²) in [6.07, 6.45) is 0. The summed E-state index contributed by atoms with van der Waals surface area (Å²) in [6.45, 7) is 3.30. The van der Waals surface area contributed by atoms with Gasteiger partial charge in [-0.15, -0.1) is 0 Å². The minimum absolute atomic E-state index is 0.239. The number of nitrogens with two attached hydrogens (primary N) is 1.